The average Bonchev–Trinajstić information content (AvgIpc) is 3.33. The minimum absolute atomic E-state index is 0.165. The first kappa shape index (κ1) is 24.1. The van der Waals surface area contributed by atoms with Crippen LogP contribution in [0.15, 0.2) is 48.5 Å². The molecule has 1 aliphatic carbocycles. The number of carbonyl (C=O) groups excluding carboxylic acids is 1. The van der Waals surface area contributed by atoms with Crippen LogP contribution in [-0.4, -0.2) is 36.6 Å². The fourth-order valence-electron chi connectivity index (χ4n) is 4.37. The van der Waals surface area contributed by atoms with E-state index in [2.05, 4.69) is 34.6 Å². The summed E-state index contributed by atoms with van der Waals surface area (Å²) in [6.07, 6.45) is 7.11. The highest BCUT2D eigenvalue weighted by Crippen LogP contribution is 2.28. The lowest BCUT2D eigenvalue weighted by Crippen LogP contribution is -2.36. The van der Waals surface area contributed by atoms with Gasteiger partial charge in [0.2, 0.25) is 0 Å². The molecule has 2 aromatic rings. The van der Waals surface area contributed by atoms with Gasteiger partial charge in [-0.25, -0.2) is 4.79 Å². The topological polar surface area (TPSA) is 68.2 Å². The quantitative estimate of drug-likeness (QED) is 0.583. The zero-order valence-corrected chi connectivity index (χ0v) is 19.6. The molecular weight excluding hydrogens is 420 g/mol. The van der Waals surface area contributed by atoms with Crippen molar-refractivity contribution in [3.63, 3.8) is 0 Å². The van der Waals surface area contributed by atoms with Crippen LogP contribution in [0.25, 0.3) is 0 Å². The molecule has 0 unspecified atom stereocenters. The fourth-order valence-corrected chi connectivity index (χ4v) is 4.49. The summed E-state index contributed by atoms with van der Waals surface area (Å²) in [7, 11) is 0. The maximum atomic E-state index is 11.6. The summed E-state index contributed by atoms with van der Waals surface area (Å²) in [6, 6.07) is 17.4. The summed E-state index contributed by atoms with van der Waals surface area (Å²) in [5, 5.41) is 15.2. The van der Waals surface area contributed by atoms with Crippen molar-refractivity contribution >= 4 is 23.3 Å². The predicted octanol–water partition coefficient (Wildman–Crippen LogP) is 6.16. The number of carbonyl (C=O) groups is 1. The minimum Gasteiger partial charge on any atom is -0.335 e. The third-order valence-electron chi connectivity index (χ3n) is 6.34. The number of piperidine rings is 1. The molecule has 0 atom stereocenters. The lowest BCUT2D eigenvalue weighted by Gasteiger charge is -2.31. The van der Waals surface area contributed by atoms with Crippen LogP contribution in [0, 0.1) is 11.3 Å². The number of likely N-dealkylation sites (tertiary alicyclic amines) is 1. The van der Waals surface area contributed by atoms with Crippen LogP contribution >= 0.6 is 11.6 Å². The number of nitriles is 1. The first-order valence-corrected chi connectivity index (χ1v) is 12.0. The number of nitrogens with one attached hydrogen (secondary N) is 2. The number of amides is 2. The lowest BCUT2D eigenvalue weighted by molar-refractivity contribution is 0.222. The summed E-state index contributed by atoms with van der Waals surface area (Å²) in [6.45, 7) is 5.91. The van der Waals surface area contributed by atoms with E-state index in [1.165, 1.54) is 50.9 Å². The van der Waals surface area contributed by atoms with Gasteiger partial charge in [0.15, 0.2) is 0 Å². The zero-order chi connectivity index (χ0) is 22.8. The van der Waals surface area contributed by atoms with E-state index in [0.29, 0.717) is 17.3 Å². The number of halogens is 1. The molecule has 170 valence electrons. The van der Waals surface area contributed by atoms with Crippen molar-refractivity contribution in [2.75, 3.05) is 25.0 Å². The van der Waals surface area contributed by atoms with Crippen molar-refractivity contribution in [2.24, 2.45) is 0 Å². The molecule has 0 spiro atoms. The van der Waals surface area contributed by atoms with Gasteiger partial charge in [-0.05, 0) is 93.2 Å². The molecule has 1 heterocycles. The van der Waals surface area contributed by atoms with Crippen molar-refractivity contribution in [1.82, 2.24) is 10.2 Å². The Kier molecular flexibility index (Phi) is 9.40. The monoisotopic (exact) mass is 452 g/mol. The Bertz CT molecular complexity index is 878. The van der Waals surface area contributed by atoms with Gasteiger partial charge in [-0.2, -0.15) is 5.26 Å². The zero-order valence-electron chi connectivity index (χ0n) is 18.8. The van der Waals surface area contributed by atoms with Gasteiger partial charge in [-0.1, -0.05) is 43.5 Å². The van der Waals surface area contributed by atoms with Gasteiger partial charge in [0.1, 0.15) is 0 Å². The first-order valence-electron chi connectivity index (χ1n) is 11.6. The summed E-state index contributed by atoms with van der Waals surface area (Å²) < 4.78 is 0. The molecule has 5 nitrogen and oxygen atoms in total. The second-order valence-corrected chi connectivity index (χ2v) is 8.97. The van der Waals surface area contributed by atoms with Crippen LogP contribution in [0.4, 0.5) is 10.5 Å². The number of rotatable bonds is 4. The Balaban J connectivity index is 0.000000182. The molecular formula is C26H33ClN4O. The molecule has 2 amide bonds. The van der Waals surface area contributed by atoms with E-state index in [-0.39, 0.29) is 6.03 Å². The van der Waals surface area contributed by atoms with E-state index >= 15 is 0 Å². The molecule has 4 rings (SSSR count). The van der Waals surface area contributed by atoms with E-state index in [4.69, 9.17) is 16.9 Å². The van der Waals surface area contributed by atoms with Crippen LogP contribution < -0.4 is 10.6 Å². The summed E-state index contributed by atoms with van der Waals surface area (Å²) in [5.74, 6) is 0.741. The molecule has 0 radical (unpaired) electrons. The molecule has 0 bridgehead atoms. The van der Waals surface area contributed by atoms with Crippen molar-refractivity contribution in [2.45, 2.75) is 57.4 Å². The van der Waals surface area contributed by atoms with Crippen LogP contribution in [0.2, 0.25) is 5.02 Å². The van der Waals surface area contributed by atoms with E-state index in [9.17, 15) is 4.79 Å². The molecule has 2 aliphatic rings. The second kappa shape index (κ2) is 12.5. The molecule has 2 aromatic carbocycles. The van der Waals surface area contributed by atoms with E-state index in [1.54, 1.807) is 24.3 Å². The molecule has 2 fully saturated rings. The highest BCUT2D eigenvalue weighted by molar-refractivity contribution is 6.30. The highest BCUT2D eigenvalue weighted by Gasteiger charge is 2.19. The second-order valence-electron chi connectivity index (χ2n) is 8.53. The van der Waals surface area contributed by atoms with Gasteiger partial charge in [0, 0.05) is 16.8 Å². The molecule has 1 saturated heterocycles. The van der Waals surface area contributed by atoms with Gasteiger partial charge in [0.05, 0.1) is 11.6 Å². The van der Waals surface area contributed by atoms with Crippen molar-refractivity contribution in [3.8, 4) is 6.07 Å². The number of benzene rings is 2. The van der Waals surface area contributed by atoms with Gasteiger partial charge < -0.3 is 15.5 Å². The van der Waals surface area contributed by atoms with E-state index in [1.807, 2.05) is 18.2 Å². The summed E-state index contributed by atoms with van der Waals surface area (Å²) in [5.41, 5.74) is 2.75. The molecule has 0 aromatic heterocycles. The van der Waals surface area contributed by atoms with Gasteiger partial charge >= 0.3 is 6.03 Å². The van der Waals surface area contributed by atoms with Crippen molar-refractivity contribution in [1.29, 1.82) is 5.26 Å². The maximum Gasteiger partial charge on any atom is 0.319 e. The minimum atomic E-state index is -0.165. The maximum absolute atomic E-state index is 11.6. The average molecular weight is 453 g/mol. The van der Waals surface area contributed by atoms with Gasteiger partial charge in [-0.15, -0.1) is 0 Å². The van der Waals surface area contributed by atoms with E-state index < -0.39 is 0 Å². The number of nitrogens with zero attached hydrogens (tertiary/aromatic N) is 2. The smallest absolute Gasteiger partial charge is 0.319 e. The number of hydrogen-bond donors (Lipinski definition) is 2. The van der Waals surface area contributed by atoms with Crippen molar-refractivity contribution in [3.05, 3.63) is 64.7 Å². The Hall–Kier alpha value is -2.55. The Morgan fingerprint density at radius 2 is 1.66 bits per heavy atom. The van der Waals surface area contributed by atoms with Crippen LogP contribution in [0.5, 0.6) is 0 Å². The lowest BCUT2D eigenvalue weighted by atomic mass is 9.89. The highest BCUT2D eigenvalue weighted by atomic mass is 35.5. The SMILES string of the molecule is CCN1CCC(c2ccc(Cl)cc2)CC1.N#Cc1ccc(NC(=O)NC2CCCC2)cc1. The summed E-state index contributed by atoms with van der Waals surface area (Å²) >= 11 is 5.89. The van der Waals surface area contributed by atoms with Crippen LogP contribution in [0.3, 0.4) is 0 Å². The molecule has 1 aliphatic heterocycles. The standard InChI is InChI=1S/C13H18ClN.C13H15N3O/c1-2-15-9-7-12(8-10-15)11-3-5-13(14)6-4-11;14-9-10-5-7-12(8-6-10)16-13(17)15-11-3-1-2-4-11/h3-6,12H,2,7-10H2,1H3;5-8,11H,1-4H2,(H2,15,16,17). The molecule has 1 saturated carbocycles. The number of urea groups is 1. The molecule has 2 N–H and O–H groups in total. The first-order chi connectivity index (χ1) is 15.6. The third kappa shape index (κ3) is 7.55. The number of anilines is 1. The normalized spacial score (nSPS) is 17.2. The van der Waals surface area contributed by atoms with Gasteiger partial charge in [-0.3, -0.25) is 0 Å². The molecule has 32 heavy (non-hydrogen) atoms. The van der Waals surface area contributed by atoms with E-state index in [0.717, 1.165) is 23.8 Å². The van der Waals surface area contributed by atoms with Crippen LogP contribution in [-0.2, 0) is 0 Å². The fraction of sp³-hybridized carbons (Fsp3) is 0.462. The largest absolute Gasteiger partial charge is 0.335 e. The van der Waals surface area contributed by atoms with Gasteiger partial charge in [0.25, 0.3) is 0 Å². The van der Waals surface area contributed by atoms with Crippen LogP contribution in [0.1, 0.15) is 62.5 Å². The Labute approximate surface area is 196 Å². The Morgan fingerprint density at radius 3 is 2.22 bits per heavy atom. The Morgan fingerprint density at radius 1 is 1.03 bits per heavy atom. The van der Waals surface area contributed by atoms with Crippen molar-refractivity contribution < 1.29 is 4.79 Å². The predicted molar refractivity (Wildman–Crippen MR) is 131 cm³/mol. The summed E-state index contributed by atoms with van der Waals surface area (Å²) in [4.78, 5) is 14.2. The molecule has 6 heteroatoms. The third-order valence-corrected chi connectivity index (χ3v) is 6.59. The number of hydrogen-bond acceptors (Lipinski definition) is 3.